The van der Waals surface area contributed by atoms with Crippen LogP contribution in [0.2, 0.25) is 0 Å². The zero-order valence-corrected chi connectivity index (χ0v) is 5.65. The van der Waals surface area contributed by atoms with Gasteiger partial charge in [-0.1, -0.05) is 0 Å². The van der Waals surface area contributed by atoms with Gasteiger partial charge in [-0.2, -0.15) is 12.6 Å². The molecule has 9 heavy (non-hydrogen) atoms. The molecule has 0 amide bonds. The molecule has 2 N–H and O–H groups in total. The van der Waals surface area contributed by atoms with Crippen LogP contribution in [0.1, 0.15) is 0 Å². The van der Waals surface area contributed by atoms with Crippen molar-refractivity contribution in [3.05, 3.63) is 0 Å². The number of carbonyl (C=O) groups excluding carboxylic acids is 1. The normalized spacial score (nSPS) is 11.4. The maximum atomic E-state index is 10.2. The van der Waals surface area contributed by atoms with Crippen molar-refractivity contribution in [3.63, 3.8) is 0 Å². The summed E-state index contributed by atoms with van der Waals surface area (Å²) in [6.07, 6.45) is 0. The zero-order valence-electron chi connectivity index (χ0n) is 4.00. The van der Waals surface area contributed by atoms with E-state index in [2.05, 4.69) is 28.8 Å². The second kappa shape index (κ2) is 7.18. The summed E-state index contributed by atoms with van der Waals surface area (Å²) in [7, 11) is 0. The maximum absolute atomic E-state index is 10.2. The summed E-state index contributed by atoms with van der Waals surface area (Å²) in [5, 5.41) is 0. The van der Waals surface area contributed by atoms with Crippen LogP contribution in [0, 0.1) is 0 Å². The second-order valence-electron chi connectivity index (χ2n) is 1.19. The van der Waals surface area contributed by atoms with Crippen LogP contribution in [0.4, 0.5) is 0 Å². The van der Waals surface area contributed by atoms with E-state index in [-0.39, 0.29) is 35.3 Å². The van der Waals surface area contributed by atoms with Gasteiger partial charge in [0.2, 0.25) is 0 Å². The quantitative estimate of drug-likeness (QED) is 0.435. The molecule has 0 fully saturated rings. The van der Waals surface area contributed by atoms with E-state index >= 15 is 0 Å². The topological polar surface area (TPSA) is 52.3 Å². The van der Waals surface area contributed by atoms with E-state index in [1.807, 2.05) is 0 Å². The molecule has 0 saturated carbocycles. The van der Waals surface area contributed by atoms with Crippen LogP contribution >= 0.6 is 24.5 Å². The van der Waals surface area contributed by atoms with Gasteiger partial charge in [0.05, 0.1) is 0 Å². The van der Waals surface area contributed by atoms with Crippen molar-refractivity contribution in [3.8, 4) is 0 Å². The molecule has 50 valence electrons. The summed E-state index contributed by atoms with van der Waals surface area (Å²) in [4.78, 5) is 10.2. The molecule has 0 spiro atoms. The number of thiol groups is 1. The summed E-state index contributed by atoms with van der Waals surface area (Å²) < 4.78 is 3.76. The Morgan fingerprint density at radius 2 is 2.33 bits per heavy atom. The van der Waals surface area contributed by atoms with Gasteiger partial charge in [0.1, 0.15) is 17.9 Å². The monoisotopic (exact) mass is 179 g/mol. The molecule has 0 aliphatic heterocycles. The molecule has 1 atom stereocenters. The van der Waals surface area contributed by atoms with Crippen LogP contribution in [-0.4, -0.2) is 47.3 Å². The fourth-order valence-electron chi connectivity index (χ4n) is 0.132. The molecule has 0 radical (unpaired) electrons. The van der Waals surface area contributed by atoms with Crippen LogP contribution in [0.5, 0.6) is 0 Å². The third-order valence-electron chi connectivity index (χ3n) is 0.575. The van der Waals surface area contributed by atoms with Gasteiger partial charge in [0.25, 0.3) is 0 Å². The average Bonchev–Trinajstić information content (AvgIpc) is 1.84. The van der Waals surface area contributed by atoms with Crippen molar-refractivity contribution in [2.24, 2.45) is 5.73 Å². The van der Waals surface area contributed by atoms with Gasteiger partial charge < -0.3 is 10.0 Å². The molecule has 0 aliphatic rings. The minimum atomic E-state index is -0.712. The van der Waals surface area contributed by atoms with Gasteiger partial charge in [-0.3, -0.25) is 0 Å². The third kappa shape index (κ3) is 5.51. The van der Waals surface area contributed by atoms with Crippen molar-refractivity contribution in [1.82, 2.24) is 0 Å². The molecule has 3 nitrogen and oxygen atoms in total. The number of carbonyl (C=O) groups is 1. The SMILES string of the molecule is N[C@@H](CS)C(=O)OCl.[NaH]. The molecule has 0 saturated heterocycles. The number of rotatable bonds is 2. The van der Waals surface area contributed by atoms with Crippen molar-refractivity contribution in [1.29, 1.82) is 0 Å². The molecule has 0 aromatic rings. The van der Waals surface area contributed by atoms with Crippen LogP contribution < -0.4 is 5.73 Å². The Labute approximate surface area is 86.1 Å². The first kappa shape index (κ1) is 12.7. The summed E-state index contributed by atoms with van der Waals surface area (Å²) in [6.45, 7) is 0. The predicted octanol–water partition coefficient (Wildman–Crippen LogP) is -0.708. The van der Waals surface area contributed by atoms with E-state index in [1.165, 1.54) is 0 Å². The molecule has 0 aliphatic carbocycles. The number of nitrogens with two attached hydrogens (primary N) is 1. The van der Waals surface area contributed by atoms with Gasteiger partial charge in [0, 0.05) is 5.75 Å². The van der Waals surface area contributed by atoms with E-state index in [9.17, 15) is 4.79 Å². The first-order valence-electron chi connectivity index (χ1n) is 1.91. The Morgan fingerprint density at radius 3 is 2.44 bits per heavy atom. The van der Waals surface area contributed by atoms with E-state index < -0.39 is 12.0 Å². The Morgan fingerprint density at radius 1 is 1.89 bits per heavy atom. The second-order valence-corrected chi connectivity index (χ2v) is 1.70. The number of halogens is 1. The summed E-state index contributed by atoms with van der Waals surface area (Å²) >= 11 is 8.39. The van der Waals surface area contributed by atoms with Gasteiger partial charge in [-0.15, -0.1) is 0 Å². The van der Waals surface area contributed by atoms with Gasteiger partial charge in [-0.05, 0) is 0 Å². The fraction of sp³-hybridized carbons (Fsp3) is 0.667. The van der Waals surface area contributed by atoms with Crippen LogP contribution in [0.15, 0.2) is 0 Å². The molecule has 0 aromatic heterocycles. The molecular formula is C3H7ClNNaO2S. The fourth-order valence-corrected chi connectivity index (χ4v) is 0.395. The van der Waals surface area contributed by atoms with Crippen molar-refractivity contribution >= 4 is 60.0 Å². The summed E-state index contributed by atoms with van der Waals surface area (Å²) in [6, 6.07) is -0.712. The van der Waals surface area contributed by atoms with Crippen LogP contribution in [0.3, 0.4) is 0 Å². The van der Waals surface area contributed by atoms with E-state index in [4.69, 9.17) is 5.73 Å². The molecule has 0 rings (SSSR count). The van der Waals surface area contributed by atoms with E-state index in [1.54, 1.807) is 0 Å². The van der Waals surface area contributed by atoms with Gasteiger partial charge >= 0.3 is 35.5 Å². The predicted molar refractivity (Wildman–Crippen MR) is 40.9 cm³/mol. The van der Waals surface area contributed by atoms with Crippen molar-refractivity contribution in [2.75, 3.05) is 5.75 Å². The Hall–Kier alpha value is 1.07. The Bertz CT molecular complexity index is 93.9. The van der Waals surface area contributed by atoms with Gasteiger partial charge in [-0.25, -0.2) is 4.79 Å². The zero-order chi connectivity index (χ0) is 6.57. The summed E-state index contributed by atoms with van der Waals surface area (Å²) in [5.41, 5.74) is 5.09. The van der Waals surface area contributed by atoms with Crippen molar-refractivity contribution in [2.45, 2.75) is 6.04 Å². The van der Waals surface area contributed by atoms with E-state index in [0.717, 1.165) is 0 Å². The summed E-state index contributed by atoms with van der Waals surface area (Å²) in [5.74, 6) is -0.410. The van der Waals surface area contributed by atoms with Gasteiger partial charge in [0.15, 0.2) is 0 Å². The standard InChI is InChI=1S/C3H6ClNO2S.Na.H/c4-7-3(6)2(5)1-8;;/h2,8H,1,5H2;;/t2-;;/m0../s1. The molecular weight excluding hydrogens is 173 g/mol. The first-order valence-corrected chi connectivity index (χ1v) is 2.85. The average molecular weight is 180 g/mol. The third-order valence-corrected chi connectivity index (χ3v) is 1.12. The Kier molecular flexibility index (Phi) is 10.1. The van der Waals surface area contributed by atoms with Crippen molar-refractivity contribution < 1.29 is 9.08 Å². The minimum absolute atomic E-state index is 0. The van der Waals surface area contributed by atoms with E-state index in [0.29, 0.717) is 0 Å². The number of hydrogen-bond acceptors (Lipinski definition) is 4. The van der Waals surface area contributed by atoms with Crippen LogP contribution in [0.25, 0.3) is 0 Å². The first-order chi connectivity index (χ1) is 3.72. The molecule has 0 aromatic carbocycles. The van der Waals surface area contributed by atoms with Crippen LogP contribution in [-0.2, 0) is 9.08 Å². The Balaban J connectivity index is 0. The molecule has 0 bridgehead atoms. The molecule has 0 heterocycles. The number of hydrogen-bond donors (Lipinski definition) is 2. The molecule has 0 unspecified atom stereocenters. The molecule has 6 heteroatoms.